The highest BCUT2D eigenvalue weighted by Crippen LogP contribution is 2.29. The van der Waals surface area contributed by atoms with E-state index in [-0.39, 0.29) is 5.41 Å². The van der Waals surface area contributed by atoms with Gasteiger partial charge in [0.15, 0.2) is 0 Å². The molecule has 2 aliphatic rings. The van der Waals surface area contributed by atoms with E-state index < -0.39 is 5.97 Å². The molecular weight excluding hydrogens is 328 g/mol. The minimum absolute atomic E-state index is 0.256. The van der Waals surface area contributed by atoms with Gasteiger partial charge < -0.3 is 14.7 Å². The summed E-state index contributed by atoms with van der Waals surface area (Å²) in [5.74, 6) is -0.350. The van der Waals surface area contributed by atoms with Crippen LogP contribution in [0.5, 0.6) is 0 Å². The van der Waals surface area contributed by atoms with E-state index in [1.807, 2.05) is 12.1 Å². The van der Waals surface area contributed by atoms with E-state index in [9.17, 15) is 4.79 Å². The summed E-state index contributed by atoms with van der Waals surface area (Å²) in [7, 11) is 0. The van der Waals surface area contributed by atoms with E-state index in [0.29, 0.717) is 11.5 Å². The predicted molar refractivity (Wildman–Crippen MR) is 103 cm³/mol. The standard InChI is InChI=1S/C21H32N2O3/c1-21(2,15-22-10-12-26-13-11-22)16-23-9-3-4-19(14-23)17-5-7-18(8-6-17)20(24)25/h5-8,19H,3-4,9-16H2,1-2H3,(H,24,25). The lowest BCUT2D eigenvalue weighted by Crippen LogP contribution is -2.47. The lowest BCUT2D eigenvalue weighted by molar-refractivity contribution is 0.0132. The zero-order valence-corrected chi connectivity index (χ0v) is 16.1. The van der Waals surface area contributed by atoms with Crippen LogP contribution in [0.1, 0.15) is 48.5 Å². The molecule has 1 atom stereocenters. The summed E-state index contributed by atoms with van der Waals surface area (Å²) in [6.07, 6.45) is 2.39. The van der Waals surface area contributed by atoms with E-state index in [4.69, 9.17) is 9.84 Å². The van der Waals surface area contributed by atoms with Crippen LogP contribution in [0.15, 0.2) is 24.3 Å². The first-order valence-corrected chi connectivity index (χ1v) is 9.79. The lowest BCUT2D eigenvalue weighted by atomic mass is 9.87. The summed E-state index contributed by atoms with van der Waals surface area (Å²) in [5.41, 5.74) is 1.89. The van der Waals surface area contributed by atoms with Crippen LogP contribution in [0.25, 0.3) is 0 Å². The number of carboxylic acid groups (broad SMARTS) is 1. The summed E-state index contributed by atoms with van der Waals surface area (Å²) in [5, 5.41) is 9.07. The molecule has 0 bridgehead atoms. The molecule has 0 amide bonds. The summed E-state index contributed by atoms with van der Waals surface area (Å²) in [4.78, 5) is 16.2. The van der Waals surface area contributed by atoms with Crippen molar-refractivity contribution in [1.82, 2.24) is 9.80 Å². The number of rotatable bonds is 6. The molecule has 3 rings (SSSR count). The molecule has 1 N–H and O–H groups in total. The quantitative estimate of drug-likeness (QED) is 0.845. The van der Waals surface area contributed by atoms with Gasteiger partial charge in [-0.1, -0.05) is 26.0 Å². The second kappa shape index (κ2) is 8.51. The van der Waals surface area contributed by atoms with Crippen LogP contribution in [0.4, 0.5) is 0 Å². The molecule has 5 heteroatoms. The molecule has 26 heavy (non-hydrogen) atoms. The molecule has 0 aromatic heterocycles. The summed E-state index contributed by atoms with van der Waals surface area (Å²) in [6.45, 7) is 13.0. The Kier molecular flexibility index (Phi) is 6.33. The van der Waals surface area contributed by atoms with Gasteiger partial charge in [-0.3, -0.25) is 4.90 Å². The van der Waals surface area contributed by atoms with Gasteiger partial charge in [0.25, 0.3) is 0 Å². The average Bonchev–Trinajstić information content (AvgIpc) is 2.62. The molecule has 0 spiro atoms. The summed E-state index contributed by atoms with van der Waals surface area (Å²) < 4.78 is 5.46. The molecular formula is C21H32N2O3. The molecule has 1 aromatic rings. The Labute approximate surface area is 156 Å². The highest BCUT2D eigenvalue weighted by atomic mass is 16.5. The number of hydrogen-bond donors (Lipinski definition) is 1. The highest BCUT2D eigenvalue weighted by molar-refractivity contribution is 5.87. The number of carboxylic acids is 1. The number of ether oxygens (including phenoxy) is 1. The van der Waals surface area contributed by atoms with Gasteiger partial charge in [-0.15, -0.1) is 0 Å². The van der Waals surface area contributed by atoms with Crippen LogP contribution >= 0.6 is 0 Å². The van der Waals surface area contributed by atoms with Gasteiger partial charge in [0.2, 0.25) is 0 Å². The second-order valence-corrected chi connectivity index (χ2v) is 8.55. The first-order chi connectivity index (χ1) is 12.4. The van der Waals surface area contributed by atoms with E-state index >= 15 is 0 Å². The Morgan fingerprint density at radius 3 is 2.42 bits per heavy atom. The number of benzene rings is 1. The molecule has 2 aliphatic heterocycles. The van der Waals surface area contributed by atoms with Gasteiger partial charge in [-0.2, -0.15) is 0 Å². The molecule has 0 aliphatic carbocycles. The Morgan fingerprint density at radius 1 is 1.12 bits per heavy atom. The lowest BCUT2D eigenvalue weighted by Gasteiger charge is -2.41. The third-order valence-corrected chi connectivity index (χ3v) is 5.54. The van der Waals surface area contributed by atoms with E-state index in [0.717, 1.165) is 52.5 Å². The third kappa shape index (κ3) is 5.29. The van der Waals surface area contributed by atoms with Crippen LogP contribution in [0, 0.1) is 5.41 Å². The van der Waals surface area contributed by atoms with E-state index in [2.05, 4.69) is 23.6 Å². The number of carbonyl (C=O) groups is 1. The van der Waals surface area contributed by atoms with Crippen LogP contribution < -0.4 is 0 Å². The van der Waals surface area contributed by atoms with Gasteiger partial charge in [0, 0.05) is 32.7 Å². The Morgan fingerprint density at radius 2 is 1.77 bits per heavy atom. The van der Waals surface area contributed by atoms with Crippen molar-refractivity contribution in [3.05, 3.63) is 35.4 Å². The number of likely N-dealkylation sites (tertiary alicyclic amines) is 1. The largest absolute Gasteiger partial charge is 0.478 e. The van der Waals surface area contributed by atoms with Crippen LogP contribution in [0.3, 0.4) is 0 Å². The Balaban J connectivity index is 1.56. The van der Waals surface area contributed by atoms with Crippen LogP contribution in [0.2, 0.25) is 0 Å². The van der Waals surface area contributed by atoms with Gasteiger partial charge in [0.1, 0.15) is 0 Å². The fraction of sp³-hybridized carbons (Fsp3) is 0.667. The van der Waals surface area contributed by atoms with Crippen LogP contribution in [-0.2, 0) is 4.74 Å². The van der Waals surface area contributed by atoms with Gasteiger partial charge in [-0.05, 0) is 48.4 Å². The van der Waals surface area contributed by atoms with Crippen molar-refractivity contribution in [2.45, 2.75) is 32.6 Å². The maximum atomic E-state index is 11.0. The van der Waals surface area contributed by atoms with Crippen molar-refractivity contribution in [2.75, 3.05) is 52.5 Å². The molecule has 0 saturated carbocycles. The topological polar surface area (TPSA) is 53.0 Å². The monoisotopic (exact) mass is 360 g/mol. The molecule has 0 radical (unpaired) electrons. The molecule has 5 nitrogen and oxygen atoms in total. The molecule has 2 fully saturated rings. The smallest absolute Gasteiger partial charge is 0.335 e. The number of nitrogens with zero attached hydrogens (tertiary/aromatic N) is 2. The molecule has 1 aromatic carbocycles. The van der Waals surface area contributed by atoms with Crippen molar-refractivity contribution in [3.63, 3.8) is 0 Å². The maximum Gasteiger partial charge on any atom is 0.335 e. The Hall–Kier alpha value is -1.43. The predicted octanol–water partition coefficient (Wildman–Crippen LogP) is 2.92. The fourth-order valence-corrected chi connectivity index (χ4v) is 4.39. The Bertz CT molecular complexity index is 594. The number of piperidine rings is 1. The molecule has 1 unspecified atom stereocenters. The first-order valence-electron chi connectivity index (χ1n) is 9.79. The molecule has 2 heterocycles. The summed E-state index contributed by atoms with van der Waals surface area (Å²) in [6, 6.07) is 7.46. The normalized spacial score (nSPS) is 23.1. The summed E-state index contributed by atoms with van der Waals surface area (Å²) >= 11 is 0. The van der Waals surface area contributed by atoms with Crippen molar-refractivity contribution in [2.24, 2.45) is 5.41 Å². The van der Waals surface area contributed by atoms with Gasteiger partial charge in [-0.25, -0.2) is 4.79 Å². The molecule has 144 valence electrons. The number of hydrogen-bond acceptors (Lipinski definition) is 4. The van der Waals surface area contributed by atoms with E-state index in [1.165, 1.54) is 18.4 Å². The third-order valence-electron chi connectivity index (χ3n) is 5.54. The molecule has 2 saturated heterocycles. The maximum absolute atomic E-state index is 11.0. The average molecular weight is 360 g/mol. The minimum atomic E-state index is -0.855. The van der Waals surface area contributed by atoms with E-state index in [1.54, 1.807) is 12.1 Å². The zero-order valence-electron chi connectivity index (χ0n) is 16.1. The number of aromatic carboxylic acids is 1. The van der Waals surface area contributed by atoms with Crippen LogP contribution in [-0.4, -0.2) is 73.4 Å². The van der Waals surface area contributed by atoms with Crippen molar-refractivity contribution < 1.29 is 14.6 Å². The van der Waals surface area contributed by atoms with Crippen molar-refractivity contribution >= 4 is 5.97 Å². The first kappa shape index (κ1) is 19.3. The minimum Gasteiger partial charge on any atom is -0.478 e. The SMILES string of the molecule is CC(C)(CN1CCOCC1)CN1CCCC(c2ccc(C(=O)O)cc2)C1. The zero-order chi connectivity index (χ0) is 18.6. The highest BCUT2D eigenvalue weighted by Gasteiger charge is 2.29. The number of morpholine rings is 1. The van der Waals surface area contributed by atoms with Gasteiger partial charge in [0.05, 0.1) is 18.8 Å². The second-order valence-electron chi connectivity index (χ2n) is 8.55. The fourth-order valence-electron chi connectivity index (χ4n) is 4.39. The van der Waals surface area contributed by atoms with Gasteiger partial charge >= 0.3 is 5.97 Å². The van der Waals surface area contributed by atoms with Crippen molar-refractivity contribution in [3.8, 4) is 0 Å². The van der Waals surface area contributed by atoms with Crippen molar-refractivity contribution in [1.29, 1.82) is 0 Å².